The van der Waals surface area contributed by atoms with Crippen molar-refractivity contribution in [1.82, 2.24) is 5.32 Å². The summed E-state index contributed by atoms with van der Waals surface area (Å²) in [4.78, 5) is 0. The van der Waals surface area contributed by atoms with E-state index in [4.69, 9.17) is 9.47 Å². The average molecular weight is 259 g/mol. The molecular formula is C14H29NO3. The summed E-state index contributed by atoms with van der Waals surface area (Å²) in [5, 5.41) is 13.3. The fourth-order valence-electron chi connectivity index (χ4n) is 2.52. The van der Waals surface area contributed by atoms with E-state index in [0.29, 0.717) is 25.8 Å². The predicted octanol–water partition coefficient (Wildman–Crippen LogP) is 1.57. The Hall–Kier alpha value is -0.160. The maximum Gasteiger partial charge on any atom is 0.0897 e. The molecule has 1 saturated carbocycles. The molecule has 4 heteroatoms. The van der Waals surface area contributed by atoms with Crippen LogP contribution in [0.2, 0.25) is 0 Å². The lowest BCUT2D eigenvalue weighted by molar-refractivity contribution is -0.0321. The van der Waals surface area contributed by atoms with Crippen LogP contribution in [0.1, 0.15) is 39.5 Å². The van der Waals surface area contributed by atoms with E-state index in [1.165, 1.54) is 25.7 Å². The first-order valence-corrected chi connectivity index (χ1v) is 7.15. The van der Waals surface area contributed by atoms with Crippen LogP contribution in [0.3, 0.4) is 0 Å². The molecule has 4 nitrogen and oxygen atoms in total. The maximum atomic E-state index is 9.85. The molecule has 0 bridgehead atoms. The van der Waals surface area contributed by atoms with Gasteiger partial charge in [-0.05, 0) is 25.7 Å². The molecular weight excluding hydrogens is 230 g/mol. The van der Waals surface area contributed by atoms with Crippen LogP contribution in [0, 0.1) is 5.92 Å². The molecule has 0 spiro atoms. The summed E-state index contributed by atoms with van der Waals surface area (Å²) < 4.78 is 10.5. The van der Waals surface area contributed by atoms with E-state index in [-0.39, 0.29) is 6.10 Å². The summed E-state index contributed by atoms with van der Waals surface area (Å²) in [7, 11) is 1.66. The normalized spacial score (nSPS) is 28.0. The SMILES string of the molecule is COCC(C)OCC(O)CNC1CCCCC1C. The molecule has 1 rings (SSSR count). The number of hydrogen-bond acceptors (Lipinski definition) is 4. The molecule has 0 amide bonds. The van der Waals surface area contributed by atoms with E-state index in [1.807, 2.05) is 6.92 Å². The van der Waals surface area contributed by atoms with E-state index in [2.05, 4.69) is 12.2 Å². The number of nitrogens with one attached hydrogen (secondary N) is 1. The Bertz CT molecular complexity index is 213. The number of aliphatic hydroxyl groups excluding tert-OH is 1. The third-order valence-corrected chi connectivity index (χ3v) is 3.70. The summed E-state index contributed by atoms with van der Waals surface area (Å²) >= 11 is 0. The largest absolute Gasteiger partial charge is 0.389 e. The van der Waals surface area contributed by atoms with E-state index < -0.39 is 6.10 Å². The molecule has 0 aromatic heterocycles. The van der Waals surface area contributed by atoms with Crippen molar-refractivity contribution < 1.29 is 14.6 Å². The average Bonchev–Trinajstić information content (AvgIpc) is 2.36. The molecule has 1 aliphatic rings. The summed E-state index contributed by atoms with van der Waals surface area (Å²) in [5.74, 6) is 0.722. The van der Waals surface area contributed by atoms with Crippen molar-refractivity contribution in [2.75, 3.05) is 26.9 Å². The monoisotopic (exact) mass is 259 g/mol. The summed E-state index contributed by atoms with van der Waals surface area (Å²) in [6.45, 7) is 5.81. The minimum atomic E-state index is -0.432. The van der Waals surface area contributed by atoms with Crippen molar-refractivity contribution >= 4 is 0 Å². The number of rotatable bonds is 8. The van der Waals surface area contributed by atoms with Gasteiger partial charge in [0.15, 0.2) is 0 Å². The lowest BCUT2D eigenvalue weighted by atomic mass is 9.86. The van der Waals surface area contributed by atoms with Crippen LogP contribution in [-0.4, -0.2) is 50.2 Å². The van der Waals surface area contributed by atoms with Crippen LogP contribution in [0.4, 0.5) is 0 Å². The van der Waals surface area contributed by atoms with Gasteiger partial charge >= 0.3 is 0 Å². The second-order valence-corrected chi connectivity index (χ2v) is 5.53. The minimum Gasteiger partial charge on any atom is -0.389 e. The van der Waals surface area contributed by atoms with Gasteiger partial charge in [-0.1, -0.05) is 19.8 Å². The lowest BCUT2D eigenvalue weighted by Gasteiger charge is -2.30. The van der Waals surface area contributed by atoms with Gasteiger partial charge < -0.3 is 19.9 Å². The van der Waals surface area contributed by atoms with Gasteiger partial charge in [0, 0.05) is 19.7 Å². The highest BCUT2D eigenvalue weighted by molar-refractivity contribution is 4.79. The van der Waals surface area contributed by atoms with Crippen molar-refractivity contribution in [3.05, 3.63) is 0 Å². The molecule has 18 heavy (non-hydrogen) atoms. The molecule has 4 unspecified atom stereocenters. The van der Waals surface area contributed by atoms with Crippen LogP contribution in [0.25, 0.3) is 0 Å². The van der Waals surface area contributed by atoms with Gasteiger partial charge in [0.1, 0.15) is 0 Å². The summed E-state index contributed by atoms with van der Waals surface area (Å²) in [6, 6.07) is 0.560. The van der Waals surface area contributed by atoms with Gasteiger partial charge in [-0.15, -0.1) is 0 Å². The Labute approximate surface area is 111 Å². The molecule has 1 fully saturated rings. The number of aliphatic hydroxyl groups is 1. The zero-order chi connectivity index (χ0) is 13.4. The summed E-state index contributed by atoms with van der Waals surface area (Å²) in [6.07, 6.45) is 4.79. The van der Waals surface area contributed by atoms with Crippen LogP contribution in [-0.2, 0) is 9.47 Å². The van der Waals surface area contributed by atoms with Crippen LogP contribution < -0.4 is 5.32 Å². The minimum absolute atomic E-state index is 0.0401. The second-order valence-electron chi connectivity index (χ2n) is 5.53. The predicted molar refractivity (Wildman–Crippen MR) is 72.7 cm³/mol. The van der Waals surface area contributed by atoms with Crippen molar-refractivity contribution in [3.8, 4) is 0 Å². The maximum absolute atomic E-state index is 9.85. The molecule has 0 heterocycles. The van der Waals surface area contributed by atoms with Gasteiger partial charge in [-0.3, -0.25) is 0 Å². The molecule has 4 atom stereocenters. The highest BCUT2D eigenvalue weighted by Gasteiger charge is 2.21. The van der Waals surface area contributed by atoms with E-state index in [1.54, 1.807) is 7.11 Å². The third kappa shape index (κ3) is 6.14. The van der Waals surface area contributed by atoms with Crippen LogP contribution in [0.5, 0.6) is 0 Å². The number of ether oxygens (including phenoxy) is 2. The molecule has 0 saturated heterocycles. The Kier molecular flexibility index (Phi) is 7.82. The molecule has 0 radical (unpaired) electrons. The Balaban J connectivity index is 2.10. The Morgan fingerprint density at radius 3 is 2.67 bits per heavy atom. The van der Waals surface area contributed by atoms with E-state index in [9.17, 15) is 5.11 Å². The standard InChI is InChI=1S/C14H29NO3/c1-11-6-4-5-7-14(11)15-8-13(16)10-18-12(2)9-17-3/h11-16H,4-10H2,1-3H3. The Morgan fingerprint density at radius 2 is 2.00 bits per heavy atom. The molecule has 0 aromatic carbocycles. The lowest BCUT2D eigenvalue weighted by Crippen LogP contribution is -2.42. The molecule has 0 aromatic rings. The van der Waals surface area contributed by atoms with Crippen molar-refractivity contribution in [2.45, 2.75) is 57.8 Å². The van der Waals surface area contributed by atoms with E-state index >= 15 is 0 Å². The Morgan fingerprint density at radius 1 is 1.28 bits per heavy atom. The van der Waals surface area contributed by atoms with Crippen molar-refractivity contribution in [1.29, 1.82) is 0 Å². The second kappa shape index (κ2) is 8.86. The topological polar surface area (TPSA) is 50.7 Å². The summed E-state index contributed by atoms with van der Waals surface area (Å²) in [5.41, 5.74) is 0. The molecule has 2 N–H and O–H groups in total. The number of methoxy groups -OCH3 is 1. The van der Waals surface area contributed by atoms with Gasteiger partial charge in [-0.25, -0.2) is 0 Å². The van der Waals surface area contributed by atoms with Gasteiger partial charge in [0.25, 0.3) is 0 Å². The van der Waals surface area contributed by atoms with Gasteiger partial charge in [0.2, 0.25) is 0 Å². The quantitative estimate of drug-likeness (QED) is 0.695. The van der Waals surface area contributed by atoms with Crippen LogP contribution >= 0.6 is 0 Å². The highest BCUT2D eigenvalue weighted by Crippen LogP contribution is 2.23. The smallest absolute Gasteiger partial charge is 0.0897 e. The van der Waals surface area contributed by atoms with Crippen molar-refractivity contribution in [3.63, 3.8) is 0 Å². The number of hydrogen-bond donors (Lipinski definition) is 2. The van der Waals surface area contributed by atoms with E-state index in [0.717, 1.165) is 5.92 Å². The first-order chi connectivity index (χ1) is 8.63. The fourth-order valence-corrected chi connectivity index (χ4v) is 2.52. The molecule has 1 aliphatic carbocycles. The fraction of sp³-hybridized carbons (Fsp3) is 1.00. The van der Waals surface area contributed by atoms with Crippen LogP contribution in [0.15, 0.2) is 0 Å². The van der Waals surface area contributed by atoms with Gasteiger partial charge in [-0.2, -0.15) is 0 Å². The molecule has 108 valence electrons. The zero-order valence-electron chi connectivity index (χ0n) is 12.0. The highest BCUT2D eigenvalue weighted by atomic mass is 16.5. The first-order valence-electron chi connectivity index (χ1n) is 7.15. The molecule has 0 aliphatic heterocycles. The van der Waals surface area contributed by atoms with Crippen molar-refractivity contribution in [2.24, 2.45) is 5.92 Å². The zero-order valence-corrected chi connectivity index (χ0v) is 12.0. The van der Waals surface area contributed by atoms with Gasteiger partial charge in [0.05, 0.1) is 25.4 Å². The first kappa shape index (κ1) is 15.9. The third-order valence-electron chi connectivity index (χ3n) is 3.70.